The third-order valence-electron chi connectivity index (χ3n) is 3.60. The maximum Gasteiger partial charge on any atom is 0.283 e. The van der Waals surface area contributed by atoms with E-state index >= 15 is 0 Å². The minimum absolute atomic E-state index is 0.126. The van der Waals surface area contributed by atoms with Crippen LogP contribution in [0.1, 0.15) is 24.8 Å². The van der Waals surface area contributed by atoms with Gasteiger partial charge in [-0.2, -0.15) is 0 Å². The molecule has 1 N–H and O–H groups in total. The first kappa shape index (κ1) is 15.4. The summed E-state index contributed by atoms with van der Waals surface area (Å²) in [7, 11) is 0. The zero-order valence-corrected chi connectivity index (χ0v) is 13.1. The van der Waals surface area contributed by atoms with Crippen LogP contribution in [0, 0.1) is 10.1 Å². The van der Waals surface area contributed by atoms with Crippen LogP contribution in [0.15, 0.2) is 22.7 Å². The first-order chi connectivity index (χ1) is 9.68. The number of nitrogens with zero attached hydrogens (tertiary/aromatic N) is 2. The van der Waals surface area contributed by atoms with Gasteiger partial charge in [-0.3, -0.25) is 10.1 Å². The molecule has 20 heavy (non-hydrogen) atoms. The lowest BCUT2D eigenvalue weighted by molar-refractivity contribution is -0.385. The molecule has 0 amide bonds. The lowest BCUT2D eigenvalue weighted by Crippen LogP contribution is -2.24. The minimum atomic E-state index is -0.360. The van der Waals surface area contributed by atoms with E-state index < -0.39 is 0 Å². The second-order valence-corrected chi connectivity index (χ2v) is 5.88. The van der Waals surface area contributed by atoms with E-state index in [-0.39, 0.29) is 10.6 Å². The van der Waals surface area contributed by atoms with Crippen LogP contribution in [-0.4, -0.2) is 36.0 Å². The molecule has 0 radical (unpaired) electrons. The first-order valence-corrected chi connectivity index (χ1v) is 7.82. The Morgan fingerprint density at radius 3 is 2.80 bits per heavy atom. The highest BCUT2D eigenvalue weighted by atomic mass is 79.9. The molecular weight excluding hydrogens is 322 g/mol. The molecule has 6 heteroatoms. The van der Waals surface area contributed by atoms with E-state index in [1.165, 1.54) is 32.0 Å². The summed E-state index contributed by atoms with van der Waals surface area (Å²) in [6.07, 6.45) is 3.77. The highest BCUT2D eigenvalue weighted by molar-refractivity contribution is 9.10. The Morgan fingerprint density at radius 2 is 2.10 bits per heavy atom. The minimum Gasteiger partial charge on any atom is -0.313 e. The van der Waals surface area contributed by atoms with Gasteiger partial charge in [-0.15, -0.1) is 0 Å². The van der Waals surface area contributed by atoms with E-state index in [0.29, 0.717) is 11.0 Å². The van der Waals surface area contributed by atoms with E-state index in [1.54, 1.807) is 6.07 Å². The van der Waals surface area contributed by atoms with Crippen LogP contribution in [0.2, 0.25) is 0 Å². The molecule has 0 aliphatic carbocycles. The highest BCUT2D eigenvalue weighted by Gasteiger charge is 2.14. The molecule has 0 spiro atoms. The van der Waals surface area contributed by atoms with Crippen molar-refractivity contribution in [3.05, 3.63) is 38.3 Å². The predicted octanol–water partition coefficient (Wildman–Crippen LogP) is 2.93. The fourth-order valence-electron chi connectivity index (χ4n) is 2.50. The number of rotatable bonds is 7. The number of hydrogen-bond donors (Lipinski definition) is 1. The van der Waals surface area contributed by atoms with Crippen LogP contribution in [0.4, 0.5) is 5.69 Å². The maximum atomic E-state index is 10.8. The number of nitrogens with one attached hydrogen (secondary N) is 1. The van der Waals surface area contributed by atoms with Gasteiger partial charge in [0.1, 0.15) is 0 Å². The molecule has 0 saturated carbocycles. The van der Waals surface area contributed by atoms with E-state index in [9.17, 15) is 10.1 Å². The molecule has 2 rings (SSSR count). The fraction of sp³-hybridized carbons (Fsp3) is 0.571. The Morgan fingerprint density at radius 1 is 1.35 bits per heavy atom. The molecule has 1 fully saturated rings. The van der Waals surface area contributed by atoms with Gasteiger partial charge < -0.3 is 10.2 Å². The van der Waals surface area contributed by atoms with E-state index in [1.807, 2.05) is 6.07 Å². The second-order valence-electron chi connectivity index (χ2n) is 5.09. The van der Waals surface area contributed by atoms with Crippen molar-refractivity contribution in [2.75, 3.05) is 26.2 Å². The zero-order chi connectivity index (χ0) is 14.4. The van der Waals surface area contributed by atoms with Gasteiger partial charge in [-0.05, 0) is 66.9 Å². The van der Waals surface area contributed by atoms with Crippen molar-refractivity contribution in [2.24, 2.45) is 0 Å². The molecular formula is C14H20BrN3O2. The Kier molecular flexibility index (Phi) is 5.94. The SMILES string of the molecule is O=[N+]([O-])c1cccc(CNCCCN2CCCC2)c1Br. The molecule has 1 aromatic carbocycles. The predicted molar refractivity (Wildman–Crippen MR) is 82.8 cm³/mol. The quantitative estimate of drug-likeness (QED) is 0.470. The lowest BCUT2D eigenvalue weighted by atomic mass is 10.2. The topological polar surface area (TPSA) is 58.4 Å². The standard InChI is InChI=1S/C14H20BrN3O2/c15-14-12(5-3-6-13(14)18(19)20)11-16-7-4-10-17-8-1-2-9-17/h3,5-6,16H,1-2,4,7-11H2. The maximum absolute atomic E-state index is 10.8. The van der Waals surface area contributed by atoms with Gasteiger partial charge in [0.05, 0.1) is 9.40 Å². The third-order valence-corrected chi connectivity index (χ3v) is 4.51. The molecule has 1 aliphatic heterocycles. The first-order valence-electron chi connectivity index (χ1n) is 7.03. The van der Waals surface area contributed by atoms with Gasteiger partial charge in [-0.25, -0.2) is 0 Å². The Hall–Kier alpha value is -0.980. The average molecular weight is 342 g/mol. The van der Waals surface area contributed by atoms with E-state index in [4.69, 9.17) is 0 Å². The summed E-state index contributed by atoms with van der Waals surface area (Å²) in [6, 6.07) is 5.15. The smallest absolute Gasteiger partial charge is 0.283 e. The van der Waals surface area contributed by atoms with Crippen LogP contribution >= 0.6 is 15.9 Å². The normalized spacial score (nSPS) is 15.7. The number of likely N-dealkylation sites (tertiary alicyclic amines) is 1. The van der Waals surface area contributed by atoms with Gasteiger partial charge in [0.15, 0.2) is 0 Å². The molecule has 1 aliphatic rings. The summed E-state index contributed by atoms with van der Waals surface area (Å²) in [5.41, 5.74) is 1.06. The molecule has 0 aromatic heterocycles. The van der Waals surface area contributed by atoms with Gasteiger partial charge in [-0.1, -0.05) is 12.1 Å². The Balaban J connectivity index is 1.73. The van der Waals surface area contributed by atoms with Gasteiger partial charge in [0, 0.05) is 12.6 Å². The van der Waals surface area contributed by atoms with E-state index in [2.05, 4.69) is 26.1 Å². The molecule has 110 valence electrons. The average Bonchev–Trinajstić information content (AvgIpc) is 2.93. The summed E-state index contributed by atoms with van der Waals surface area (Å²) in [6.45, 7) is 5.20. The zero-order valence-electron chi connectivity index (χ0n) is 11.5. The Bertz CT molecular complexity index is 462. The third kappa shape index (κ3) is 4.26. The molecule has 0 unspecified atom stereocenters. The molecule has 5 nitrogen and oxygen atoms in total. The summed E-state index contributed by atoms with van der Waals surface area (Å²) in [5.74, 6) is 0. The molecule has 1 heterocycles. The van der Waals surface area contributed by atoms with Crippen LogP contribution in [-0.2, 0) is 6.54 Å². The largest absolute Gasteiger partial charge is 0.313 e. The van der Waals surface area contributed by atoms with Crippen molar-refractivity contribution in [1.29, 1.82) is 0 Å². The summed E-state index contributed by atoms with van der Waals surface area (Å²) in [5, 5.41) is 14.2. The van der Waals surface area contributed by atoms with Crippen molar-refractivity contribution in [1.82, 2.24) is 10.2 Å². The van der Waals surface area contributed by atoms with Crippen LogP contribution < -0.4 is 5.32 Å². The summed E-state index contributed by atoms with van der Waals surface area (Å²) < 4.78 is 0.581. The number of hydrogen-bond acceptors (Lipinski definition) is 4. The Labute approximate surface area is 127 Å². The molecule has 0 atom stereocenters. The number of halogens is 1. The van der Waals surface area contributed by atoms with Crippen LogP contribution in [0.25, 0.3) is 0 Å². The van der Waals surface area contributed by atoms with E-state index in [0.717, 1.165) is 25.1 Å². The summed E-state index contributed by atoms with van der Waals surface area (Å²) >= 11 is 3.32. The lowest BCUT2D eigenvalue weighted by Gasteiger charge is -2.14. The summed E-state index contributed by atoms with van der Waals surface area (Å²) in [4.78, 5) is 13.0. The number of nitro groups is 1. The number of nitro benzene ring substituents is 1. The fourth-order valence-corrected chi connectivity index (χ4v) is 3.05. The van der Waals surface area contributed by atoms with Crippen molar-refractivity contribution in [3.8, 4) is 0 Å². The van der Waals surface area contributed by atoms with Gasteiger partial charge in [0.2, 0.25) is 0 Å². The van der Waals surface area contributed by atoms with Gasteiger partial charge >= 0.3 is 0 Å². The molecule has 1 saturated heterocycles. The molecule has 1 aromatic rings. The van der Waals surface area contributed by atoms with Crippen LogP contribution in [0.3, 0.4) is 0 Å². The highest BCUT2D eigenvalue weighted by Crippen LogP contribution is 2.28. The van der Waals surface area contributed by atoms with Gasteiger partial charge in [0.25, 0.3) is 5.69 Å². The van der Waals surface area contributed by atoms with Crippen LogP contribution in [0.5, 0.6) is 0 Å². The van der Waals surface area contributed by atoms with Crippen molar-refractivity contribution < 1.29 is 4.92 Å². The molecule has 0 bridgehead atoms. The van der Waals surface area contributed by atoms with Crippen molar-refractivity contribution in [2.45, 2.75) is 25.8 Å². The van der Waals surface area contributed by atoms with Crippen molar-refractivity contribution >= 4 is 21.6 Å². The monoisotopic (exact) mass is 341 g/mol. The van der Waals surface area contributed by atoms with Crippen molar-refractivity contribution in [3.63, 3.8) is 0 Å². The number of benzene rings is 1. The second kappa shape index (κ2) is 7.71.